The number of rotatable bonds is 3. The molecule has 0 bridgehead atoms. The van der Waals surface area contributed by atoms with E-state index in [1.807, 2.05) is 11.8 Å². The molecular formula is C17H25N5O3S. The summed E-state index contributed by atoms with van der Waals surface area (Å²) in [6.07, 6.45) is 6.10. The molecule has 4 heterocycles. The molecule has 1 amide bonds. The lowest BCUT2D eigenvalue weighted by atomic mass is 9.75. The van der Waals surface area contributed by atoms with Gasteiger partial charge in [-0.2, -0.15) is 0 Å². The van der Waals surface area contributed by atoms with E-state index in [0.29, 0.717) is 45.0 Å². The topological polar surface area (TPSA) is 86.7 Å². The van der Waals surface area contributed by atoms with Gasteiger partial charge in [0.05, 0.1) is 17.7 Å². The van der Waals surface area contributed by atoms with Gasteiger partial charge in [-0.05, 0) is 25.8 Å². The molecular weight excluding hydrogens is 354 g/mol. The van der Waals surface area contributed by atoms with Crippen LogP contribution in [0.5, 0.6) is 0 Å². The minimum atomic E-state index is -3.19. The average Bonchev–Trinajstić information content (AvgIpc) is 3.15. The molecule has 1 aromatic rings. The fourth-order valence-corrected chi connectivity index (χ4v) is 6.00. The van der Waals surface area contributed by atoms with Crippen LogP contribution in [0.4, 0.5) is 5.95 Å². The smallest absolute Gasteiger partial charge is 0.228 e. The van der Waals surface area contributed by atoms with Crippen molar-refractivity contribution in [2.24, 2.45) is 11.8 Å². The number of hydrogen-bond acceptors (Lipinski definition) is 6. The molecule has 1 aromatic heterocycles. The Balaban J connectivity index is 1.61. The monoisotopic (exact) mass is 379 g/mol. The standard InChI is InChI=1S/C17H25N5O3S/c1-3-22-15(23)13-11-20(16-18-7-4-8-19-16)12-14(13)17(22)5-9-21(10-6-17)26(2,24)25/h4,7-8,13-14H,3,5-6,9-12H2,1-2H3/t13-,14+/m1/s1. The van der Waals surface area contributed by atoms with Crippen LogP contribution in [0.3, 0.4) is 0 Å². The van der Waals surface area contributed by atoms with E-state index in [1.54, 1.807) is 18.5 Å². The first-order chi connectivity index (χ1) is 12.4. The molecule has 2 atom stereocenters. The Hall–Kier alpha value is -1.74. The Bertz CT molecular complexity index is 792. The summed E-state index contributed by atoms with van der Waals surface area (Å²) >= 11 is 0. The van der Waals surface area contributed by atoms with Crippen LogP contribution in [0.15, 0.2) is 18.5 Å². The molecule has 142 valence electrons. The predicted octanol–water partition coefficient (Wildman–Crippen LogP) is 0.185. The highest BCUT2D eigenvalue weighted by atomic mass is 32.2. The highest BCUT2D eigenvalue weighted by Crippen LogP contribution is 2.50. The summed E-state index contributed by atoms with van der Waals surface area (Å²) in [6.45, 7) is 5.03. The van der Waals surface area contributed by atoms with E-state index in [0.717, 1.165) is 6.54 Å². The van der Waals surface area contributed by atoms with E-state index in [-0.39, 0.29) is 23.3 Å². The van der Waals surface area contributed by atoms with Crippen molar-refractivity contribution in [3.8, 4) is 0 Å². The van der Waals surface area contributed by atoms with Crippen molar-refractivity contribution in [3.05, 3.63) is 18.5 Å². The van der Waals surface area contributed by atoms with Crippen LogP contribution >= 0.6 is 0 Å². The minimum Gasteiger partial charge on any atom is -0.340 e. The van der Waals surface area contributed by atoms with Crippen LogP contribution < -0.4 is 4.90 Å². The minimum absolute atomic E-state index is 0.0523. The first kappa shape index (κ1) is 17.7. The fraction of sp³-hybridized carbons (Fsp3) is 0.706. The number of carbonyl (C=O) groups excluding carboxylic acids is 1. The van der Waals surface area contributed by atoms with Crippen molar-refractivity contribution in [2.45, 2.75) is 25.3 Å². The van der Waals surface area contributed by atoms with E-state index < -0.39 is 10.0 Å². The molecule has 3 aliphatic rings. The van der Waals surface area contributed by atoms with Crippen molar-refractivity contribution < 1.29 is 13.2 Å². The van der Waals surface area contributed by atoms with Gasteiger partial charge in [-0.15, -0.1) is 0 Å². The summed E-state index contributed by atoms with van der Waals surface area (Å²) in [6, 6.07) is 1.78. The van der Waals surface area contributed by atoms with Gasteiger partial charge in [-0.3, -0.25) is 4.79 Å². The molecule has 0 saturated carbocycles. The Kier molecular flexibility index (Phi) is 4.18. The lowest BCUT2D eigenvalue weighted by Gasteiger charge is -2.47. The summed E-state index contributed by atoms with van der Waals surface area (Å²) in [5.74, 6) is 1.01. The van der Waals surface area contributed by atoms with Crippen LogP contribution in [0.2, 0.25) is 0 Å². The highest BCUT2D eigenvalue weighted by Gasteiger charge is 2.61. The van der Waals surface area contributed by atoms with Crippen molar-refractivity contribution in [1.82, 2.24) is 19.2 Å². The maximum Gasteiger partial charge on any atom is 0.228 e. The third kappa shape index (κ3) is 2.60. The van der Waals surface area contributed by atoms with Gasteiger partial charge in [0.2, 0.25) is 21.9 Å². The third-order valence-electron chi connectivity index (χ3n) is 6.34. The summed E-state index contributed by atoms with van der Waals surface area (Å²) in [7, 11) is -3.19. The van der Waals surface area contributed by atoms with E-state index in [4.69, 9.17) is 0 Å². The number of hydrogen-bond donors (Lipinski definition) is 0. The molecule has 0 radical (unpaired) electrons. The molecule has 8 nitrogen and oxygen atoms in total. The number of aromatic nitrogens is 2. The highest BCUT2D eigenvalue weighted by molar-refractivity contribution is 7.88. The normalized spacial score (nSPS) is 28.8. The maximum absolute atomic E-state index is 13.1. The Labute approximate surface area is 154 Å². The van der Waals surface area contributed by atoms with Gasteiger partial charge in [-0.1, -0.05) is 0 Å². The average molecular weight is 379 g/mol. The number of nitrogens with zero attached hydrogens (tertiary/aromatic N) is 5. The molecule has 3 saturated heterocycles. The second-order valence-corrected chi connectivity index (χ2v) is 9.50. The molecule has 9 heteroatoms. The Morgan fingerprint density at radius 2 is 1.85 bits per heavy atom. The number of likely N-dealkylation sites (tertiary alicyclic amines) is 1. The molecule has 0 N–H and O–H groups in total. The lowest BCUT2D eigenvalue weighted by Crippen LogP contribution is -2.57. The second-order valence-electron chi connectivity index (χ2n) is 7.51. The van der Waals surface area contributed by atoms with Gasteiger partial charge in [0.15, 0.2) is 0 Å². The largest absolute Gasteiger partial charge is 0.340 e. The van der Waals surface area contributed by atoms with Crippen LogP contribution in [0, 0.1) is 11.8 Å². The third-order valence-corrected chi connectivity index (χ3v) is 7.64. The molecule has 0 aliphatic carbocycles. The van der Waals surface area contributed by atoms with Gasteiger partial charge >= 0.3 is 0 Å². The zero-order valence-electron chi connectivity index (χ0n) is 15.2. The zero-order chi connectivity index (χ0) is 18.5. The summed E-state index contributed by atoms with van der Waals surface area (Å²) in [4.78, 5) is 25.9. The van der Waals surface area contributed by atoms with Crippen molar-refractivity contribution in [1.29, 1.82) is 0 Å². The summed E-state index contributed by atoms with van der Waals surface area (Å²) in [5.41, 5.74) is -0.249. The summed E-state index contributed by atoms with van der Waals surface area (Å²) < 4.78 is 25.3. The quantitative estimate of drug-likeness (QED) is 0.745. The van der Waals surface area contributed by atoms with E-state index in [1.165, 1.54) is 10.6 Å². The van der Waals surface area contributed by atoms with Crippen molar-refractivity contribution in [2.75, 3.05) is 43.9 Å². The molecule has 26 heavy (non-hydrogen) atoms. The second kappa shape index (κ2) is 6.16. The summed E-state index contributed by atoms with van der Waals surface area (Å²) in [5, 5.41) is 0. The number of fused-ring (bicyclic) bond motifs is 2. The molecule has 0 aromatic carbocycles. The van der Waals surface area contributed by atoms with E-state index >= 15 is 0 Å². The Morgan fingerprint density at radius 1 is 1.19 bits per heavy atom. The van der Waals surface area contributed by atoms with Gasteiger partial charge in [0.25, 0.3) is 0 Å². The molecule has 1 spiro atoms. The van der Waals surface area contributed by atoms with Crippen LogP contribution in [0.1, 0.15) is 19.8 Å². The zero-order valence-corrected chi connectivity index (χ0v) is 16.0. The number of anilines is 1. The number of amides is 1. The van der Waals surface area contributed by atoms with Gasteiger partial charge < -0.3 is 9.80 Å². The molecule has 0 unspecified atom stereocenters. The molecule has 3 fully saturated rings. The lowest BCUT2D eigenvalue weighted by molar-refractivity contribution is -0.134. The number of carbonyl (C=O) groups is 1. The molecule has 4 rings (SSSR count). The van der Waals surface area contributed by atoms with Crippen LogP contribution in [-0.4, -0.2) is 78.0 Å². The van der Waals surface area contributed by atoms with Gasteiger partial charge in [-0.25, -0.2) is 22.7 Å². The Morgan fingerprint density at radius 3 is 2.42 bits per heavy atom. The number of piperidine rings is 1. The van der Waals surface area contributed by atoms with Crippen molar-refractivity contribution in [3.63, 3.8) is 0 Å². The van der Waals surface area contributed by atoms with E-state index in [2.05, 4.69) is 14.9 Å². The van der Waals surface area contributed by atoms with Gasteiger partial charge in [0, 0.05) is 51.0 Å². The SMILES string of the molecule is CCN1C(=O)[C@@H]2CN(c3ncccn3)C[C@@H]2C12CCN(S(C)(=O)=O)CC2. The van der Waals surface area contributed by atoms with Crippen LogP contribution in [-0.2, 0) is 14.8 Å². The molecule has 3 aliphatic heterocycles. The van der Waals surface area contributed by atoms with E-state index in [9.17, 15) is 13.2 Å². The van der Waals surface area contributed by atoms with Gasteiger partial charge in [0.1, 0.15) is 0 Å². The first-order valence-corrected chi connectivity index (χ1v) is 11.0. The fourth-order valence-electron chi connectivity index (χ4n) is 5.15. The van der Waals surface area contributed by atoms with Crippen molar-refractivity contribution >= 4 is 21.9 Å². The predicted molar refractivity (Wildman–Crippen MR) is 97.0 cm³/mol. The van der Waals surface area contributed by atoms with Crippen LogP contribution in [0.25, 0.3) is 0 Å². The first-order valence-electron chi connectivity index (χ1n) is 9.15. The maximum atomic E-state index is 13.1. The number of sulfonamides is 1.